The van der Waals surface area contributed by atoms with Gasteiger partial charge in [0.25, 0.3) is 0 Å². The Labute approximate surface area is 100 Å². The van der Waals surface area contributed by atoms with Crippen molar-refractivity contribution in [3.8, 4) is 5.75 Å². The number of anilines is 1. The molecule has 17 heavy (non-hydrogen) atoms. The van der Waals surface area contributed by atoms with E-state index in [1.807, 2.05) is 13.0 Å². The van der Waals surface area contributed by atoms with E-state index in [0.29, 0.717) is 43.2 Å². The summed E-state index contributed by atoms with van der Waals surface area (Å²) in [5, 5.41) is 0. The highest BCUT2D eigenvalue weighted by molar-refractivity contribution is 5.76. The van der Waals surface area contributed by atoms with Gasteiger partial charge in [0.1, 0.15) is 5.82 Å². The predicted molar refractivity (Wildman–Crippen MR) is 65.4 cm³/mol. The van der Waals surface area contributed by atoms with Gasteiger partial charge in [0.05, 0.1) is 31.1 Å². The van der Waals surface area contributed by atoms with Gasteiger partial charge in [-0.15, -0.1) is 0 Å². The fourth-order valence-electron chi connectivity index (χ4n) is 1.93. The Morgan fingerprint density at radius 3 is 2.94 bits per heavy atom. The summed E-state index contributed by atoms with van der Waals surface area (Å²) in [4.78, 5) is 0. The first kappa shape index (κ1) is 11.9. The molecular formula is C13H16FNO2. The van der Waals surface area contributed by atoms with E-state index in [9.17, 15) is 4.39 Å². The molecule has 92 valence electrons. The summed E-state index contributed by atoms with van der Waals surface area (Å²) >= 11 is 0. The molecule has 3 nitrogen and oxygen atoms in total. The largest absolute Gasteiger partial charge is 0.491 e. The molecular weight excluding hydrogens is 221 g/mol. The number of ether oxygens (including phenoxy) is 2. The Morgan fingerprint density at radius 2 is 2.29 bits per heavy atom. The standard InChI is InChI=1S/C13H16FNO2/c1-2-17-13-11(15)4-3-10(14)12(13)9-5-7-16-8-6-9/h3-5H,2,6-8,15H2,1H3. The molecule has 1 aromatic carbocycles. The Balaban J connectivity index is 2.49. The lowest BCUT2D eigenvalue weighted by Crippen LogP contribution is -2.08. The molecule has 1 aliphatic rings. The van der Waals surface area contributed by atoms with Crippen molar-refractivity contribution in [2.75, 3.05) is 25.6 Å². The predicted octanol–water partition coefficient (Wildman–Crippen LogP) is 2.61. The fourth-order valence-corrected chi connectivity index (χ4v) is 1.93. The van der Waals surface area contributed by atoms with E-state index in [0.717, 1.165) is 5.57 Å². The highest BCUT2D eigenvalue weighted by atomic mass is 19.1. The molecule has 0 radical (unpaired) electrons. The first-order chi connectivity index (χ1) is 8.24. The highest BCUT2D eigenvalue weighted by Crippen LogP contribution is 2.36. The molecule has 0 spiro atoms. The van der Waals surface area contributed by atoms with Gasteiger partial charge in [-0.25, -0.2) is 4.39 Å². The van der Waals surface area contributed by atoms with E-state index < -0.39 is 0 Å². The van der Waals surface area contributed by atoms with Crippen LogP contribution in [0.2, 0.25) is 0 Å². The van der Waals surface area contributed by atoms with Crippen LogP contribution >= 0.6 is 0 Å². The highest BCUT2D eigenvalue weighted by Gasteiger charge is 2.18. The number of hydrogen-bond acceptors (Lipinski definition) is 3. The molecule has 0 bridgehead atoms. The van der Waals surface area contributed by atoms with Crippen molar-refractivity contribution in [2.45, 2.75) is 13.3 Å². The summed E-state index contributed by atoms with van der Waals surface area (Å²) in [7, 11) is 0. The number of benzene rings is 1. The van der Waals surface area contributed by atoms with Crippen LogP contribution in [-0.2, 0) is 4.74 Å². The van der Waals surface area contributed by atoms with Gasteiger partial charge in [-0.05, 0) is 31.1 Å². The molecule has 0 amide bonds. The molecule has 0 aromatic heterocycles. The van der Waals surface area contributed by atoms with Gasteiger partial charge >= 0.3 is 0 Å². The second kappa shape index (κ2) is 5.19. The summed E-state index contributed by atoms with van der Waals surface area (Å²) in [5.41, 5.74) is 7.69. The topological polar surface area (TPSA) is 44.5 Å². The van der Waals surface area contributed by atoms with Crippen LogP contribution in [0.25, 0.3) is 5.57 Å². The minimum absolute atomic E-state index is 0.296. The molecule has 1 aromatic rings. The summed E-state index contributed by atoms with van der Waals surface area (Å²) < 4.78 is 24.6. The van der Waals surface area contributed by atoms with Gasteiger partial charge in [-0.3, -0.25) is 0 Å². The average Bonchev–Trinajstić information content (AvgIpc) is 2.35. The third-order valence-corrected chi connectivity index (χ3v) is 2.71. The molecule has 0 saturated heterocycles. The van der Waals surface area contributed by atoms with Crippen molar-refractivity contribution in [3.63, 3.8) is 0 Å². The molecule has 1 heterocycles. The maximum absolute atomic E-state index is 13.9. The third kappa shape index (κ3) is 2.42. The van der Waals surface area contributed by atoms with E-state index in [1.165, 1.54) is 12.1 Å². The van der Waals surface area contributed by atoms with E-state index in [-0.39, 0.29) is 5.82 Å². The lowest BCUT2D eigenvalue weighted by Gasteiger charge is -2.19. The SMILES string of the molecule is CCOc1c(N)ccc(F)c1C1=CCOCC1. The summed E-state index contributed by atoms with van der Waals surface area (Å²) in [6.45, 7) is 3.43. The maximum atomic E-state index is 13.9. The zero-order valence-electron chi connectivity index (χ0n) is 9.83. The van der Waals surface area contributed by atoms with Gasteiger partial charge in [-0.1, -0.05) is 6.08 Å². The molecule has 1 aliphatic heterocycles. The minimum Gasteiger partial charge on any atom is -0.491 e. The van der Waals surface area contributed by atoms with Crippen molar-refractivity contribution in [3.05, 3.63) is 29.6 Å². The molecule has 4 heteroatoms. The Morgan fingerprint density at radius 1 is 1.47 bits per heavy atom. The zero-order valence-corrected chi connectivity index (χ0v) is 9.83. The van der Waals surface area contributed by atoms with Gasteiger partial charge in [0.15, 0.2) is 5.75 Å². The molecule has 0 fully saturated rings. The summed E-state index contributed by atoms with van der Waals surface area (Å²) in [6.07, 6.45) is 2.56. The normalized spacial score (nSPS) is 15.5. The van der Waals surface area contributed by atoms with Gasteiger partial charge in [0, 0.05) is 0 Å². The lowest BCUT2D eigenvalue weighted by atomic mass is 9.99. The lowest BCUT2D eigenvalue weighted by molar-refractivity contribution is 0.161. The molecule has 0 saturated carbocycles. The van der Waals surface area contributed by atoms with Crippen LogP contribution in [0.1, 0.15) is 18.9 Å². The van der Waals surface area contributed by atoms with Gasteiger partial charge < -0.3 is 15.2 Å². The number of rotatable bonds is 3. The average molecular weight is 237 g/mol. The Hall–Kier alpha value is -1.55. The van der Waals surface area contributed by atoms with Gasteiger partial charge in [0.2, 0.25) is 0 Å². The number of hydrogen-bond donors (Lipinski definition) is 1. The van der Waals surface area contributed by atoms with Crippen LogP contribution in [0.5, 0.6) is 5.75 Å². The maximum Gasteiger partial charge on any atom is 0.152 e. The van der Waals surface area contributed by atoms with Crippen molar-refractivity contribution in [1.82, 2.24) is 0 Å². The monoisotopic (exact) mass is 237 g/mol. The van der Waals surface area contributed by atoms with Crippen LogP contribution in [0.15, 0.2) is 18.2 Å². The first-order valence-corrected chi connectivity index (χ1v) is 5.72. The van der Waals surface area contributed by atoms with Crippen LogP contribution in [-0.4, -0.2) is 19.8 Å². The number of nitrogen functional groups attached to an aromatic ring is 1. The van der Waals surface area contributed by atoms with Crippen LogP contribution in [0, 0.1) is 5.82 Å². The third-order valence-electron chi connectivity index (χ3n) is 2.71. The second-order valence-electron chi connectivity index (χ2n) is 3.83. The van der Waals surface area contributed by atoms with Gasteiger partial charge in [-0.2, -0.15) is 0 Å². The quantitative estimate of drug-likeness (QED) is 0.822. The zero-order chi connectivity index (χ0) is 12.3. The summed E-state index contributed by atoms with van der Waals surface area (Å²) in [5.74, 6) is 0.149. The Bertz CT molecular complexity index is 443. The van der Waals surface area contributed by atoms with Crippen LogP contribution < -0.4 is 10.5 Å². The molecule has 2 rings (SSSR count). The summed E-state index contributed by atoms with van der Waals surface area (Å²) in [6, 6.07) is 2.91. The van der Waals surface area contributed by atoms with Crippen molar-refractivity contribution < 1.29 is 13.9 Å². The fraction of sp³-hybridized carbons (Fsp3) is 0.385. The first-order valence-electron chi connectivity index (χ1n) is 5.72. The molecule has 0 aliphatic carbocycles. The van der Waals surface area contributed by atoms with Crippen molar-refractivity contribution in [2.24, 2.45) is 0 Å². The molecule has 0 unspecified atom stereocenters. The molecule has 2 N–H and O–H groups in total. The van der Waals surface area contributed by atoms with Crippen molar-refractivity contribution in [1.29, 1.82) is 0 Å². The molecule has 0 atom stereocenters. The minimum atomic E-state index is -0.296. The van der Waals surface area contributed by atoms with E-state index in [2.05, 4.69) is 0 Å². The van der Waals surface area contributed by atoms with E-state index in [1.54, 1.807) is 0 Å². The second-order valence-corrected chi connectivity index (χ2v) is 3.83. The van der Waals surface area contributed by atoms with E-state index >= 15 is 0 Å². The van der Waals surface area contributed by atoms with Crippen molar-refractivity contribution >= 4 is 11.3 Å². The van der Waals surface area contributed by atoms with E-state index in [4.69, 9.17) is 15.2 Å². The smallest absolute Gasteiger partial charge is 0.152 e. The van der Waals surface area contributed by atoms with Crippen LogP contribution in [0.4, 0.5) is 10.1 Å². The number of nitrogens with two attached hydrogens (primary N) is 1. The number of halogens is 1. The van der Waals surface area contributed by atoms with Crippen LogP contribution in [0.3, 0.4) is 0 Å². The Kier molecular flexibility index (Phi) is 3.64.